The Kier molecular flexibility index (Phi) is 4.32. The zero-order valence-electron chi connectivity index (χ0n) is 10.8. The summed E-state index contributed by atoms with van der Waals surface area (Å²) in [4.78, 5) is 4.60. The molecule has 0 bridgehead atoms. The van der Waals surface area contributed by atoms with E-state index in [2.05, 4.69) is 4.98 Å². The van der Waals surface area contributed by atoms with Gasteiger partial charge in [-0.1, -0.05) is 40.9 Å². The molecule has 6 heteroatoms. The molecule has 0 spiro atoms. The Labute approximate surface area is 142 Å². The molecule has 0 aliphatic heterocycles. The number of hydrogen-bond donors (Lipinski definition) is 0. The molecule has 0 radical (unpaired) electrons. The summed E-state index contributed by atoms with van der Waals surface area (Å²) in [6.45, 7) is 0. The van der Waals surface area contributed by atoms with Gasteiger partial charge in [0, 0.05) is 17.3 Å². The van der Waals surface area contributed by atoms with Crippen LogP contribution < -0.4 is 0 Å². The van der Waals surface area contributed by atoms with E-state index in [-0.39, 0.29) is 0 Å². The average molecular weight is 360 g/mol. The highest BCUT2D eigenvalue weighted by Crippen LogP contribution is 2.33. The lowest BCUT2D eigenvalue weighted by Gasteiger charge is -2.12. The molecule has 3 rings (SSSR count). The summed E-state index contributed by atoms with van der Waals surface area (Å²) in [7, 11) is 0. The first kappa shape index (κ1) is 15.0. The number of alkyl halides is 1. The minimum absolute atomic E-state index is 0.457. The molecule has 0 saturated heterocycles. The third kappa shape index (κ3) is 2.74. The lowest BCUT2D eigenvalue weighted by atomic mass is 10.2. The molecule has 3 aromatic rings. The molecule has 0 amide bonds. The summed E-state index contributed by atoms with van der Waals surface area (Å²) >= 11 is 24.7. The van der Waals surface area contributed by atoms with E-state index in [1.807, 2.05) is 22.8 Å². The molecule has 0 fully saturated rings. The van der Waals surface area contributed by atoms with Crippen molar-refractivity contribution in [1.29, 1.82) is 0 Å². The summed E-state index contributed by atoms with van der Waals surface area (Å²) in [5.41, 5.74) is 2.39. The predicted molar refractivity (Wildman–Crippen MR) is 90.5 cm³/mol. The van der Waals surface area contributed by atoms with Crippen molar-refractivity contribution < 1.29 is 0 Å². The Morgan fingerprint density at radius 3 is 2.38 bits per heavy atom. The van der Waals surface area contributed by atoms with E-state index in [9.17, 15) is 0 Å². The summed E-state index contributed by atoms with van der Waals surface area (Å²) in [5, 5.41) is 1.74. The smallest absolute Gasteiger partial charge is 0.115 e. The maximum atomic E-state index is 6.33. The number of aryl methyl sites for hydroxylation is 1. The fraction of sp³-hybridized carbons (Fsp3) is 0.133. The molecule has 0 aliphatic rings. The molecule has 0 atom stereocenters. The van der Waals surface area contributed by atoms with Crippen molar-refractivity contribution in [2.75, 3.05) is 5.88 Å². The first-order valence-electron chi connectivity index (χ1n) is 6.29. The van der Waals surface area contributed by atoms with Crippen LogP contribution >= 0.6 is 46.4 Å². The first-order valence-corrected chi connectivity index (χ1v) is 7.96. The number of hydrogen-bond acceptors (Lipinski definition) is 1. The summed E-state index contributed by atoms with van der Waals surface area (Å²) in [6.07, 6.45) is 0.607. The maximum Gasteiger partial charge on any atom is 0.115 e. The summed E-state index contributed by atoms with van der Waals surface area (Å²) < 4.78 is 1.92. The highest BCUT2D eigenvalue weighted by Gasteiger charge is 2.17. The van der Waals surface area contributed by atoms with Crippen molar-refractivity contribution >= 4 is 57.4 Å². The van der Waals surface area contributed by atoms with Crippen molar-refractivity contribution in [3.8, 4) is 5.69 Å². The minimum atomic E-state index is 0.457. The number of rotatable bonds is 3. The number of imidazole rings is 1. The Morgan fingerprint density at radius 1 is 1.00 bits per heavy atom. The average Bonchev–Trinajstić information content (AvgIpc) is 2.77. The molecule has 108 valence electrons. The molecule has 1 aromatic heterocycles. The summed E-state index contributed by atoms with van der Waals surface area (Å²) in [5.74, 6) is 1.26. The van der Waals surface area contributed by atoms with Gasteiger partial charge in [0.15, 0.2) is 0 Å². The highest BCUT2D eigenvalue weighted by atomic mass is 35.5. The Morgan fingerprint density at radius 2 is 1.71 bits per heavy atom. The van der Waals surface area contributed by atoms with Gasteiger partial charge < -0.3 is 0 Å². The summed E-state index contributed by atoms with van der Waals surface area (Å²) in [6, 6.07) is 10.9. The van der Waals surface area contributed by atoms with Crippen LogP contribution in [0, 0.1) is 0 Å². The number of aromatic nitrogens is 2. The normalized spacial score (nSPS) is 11.2. The van der Waals surface area contributed by atoms with Crippen LogP contribution in [0.15, 0.2) is 36.4 Å². The SMILES string of the molecule is ClCCc1nc2ccc(Cl)cc2n1-c1c(Cl)cccc1Cl. The lowest BCUT2D eigenvalue weighted by molar-refractivity contribution is 0.912. The second kappa shape index (κ2) is 6.05. The standard InChI is InChI=1S/C15H10Cl4N2/c16-7-6-14-20-12-5-4-9(17)8-13(12)21(14)15-10(18)2-1-3-11(15)19/h1-5,8H,6-7H2. The van der Waals surface area contributed by atoms with Gasteiger partial charge in [-0.25, -0.2) is 4.98 Å². The molecular weight excluding hydrogens is 350 g/mol. The van der Waals surface area contributed by atoms with Gasteiger partial charge in [-0.15, -0.1) is 11.6 Å². The highest BCUT2D eigenvalue weighted by molar-refractivity contribution is 6.38. The Bertz CT molecular complexity index is 791. The van der Waals surface area contributed by atoms with Crippen molar-refractivity contribution in [3.63, 3.8) is 0 Å². The van der Waals surface area contributed by atoms with Gasteiger partial charge in [0.1, 0.15) is 5.82 Å². The zero-order chi connectivity index (χ0) is 15.0. The maximum absolute atomic E-state index is 6.33. The van der Waals surface area contributed by atoms with Gasteiger partial charge in [0.05, 0.1) is 26.8 Å². The first-order chi connectivity index (χ1) is 10.1. The van der Waals surface area contributed by atoms with Crippen molar-refractivity contribution in [1.82, 2.24) is 9.55 Å². The molecular formula is C15H10Cl4N2. The number of halogens is 4. The molecule has 2 aromatic carbocycles. The second-order valence-electron chi connectivity index (χ2n) is 4.51. The van der Waals surface area contributed by atoms with Crippen molar-refractivity contribution in [3.05, 3.63) is 57.3 Å². The van der Waals surface area contributed by atoms with Crippen LogP contribution in [0.1, 0.15) is 5.82 Å². The van der Waals surface area contributed by atoms with Gasteiger partial charge in [0.25, 0.3) is 0 Å². The molecule has 0 aliphatic carbocycles. The second-order valence-corrected chi connectivity index (χ2v) is 6.13. The van der Waals surface area contributed by atoms with Crippen molar-refractivity contribution in [2.45, 2.75) is 6.42 Å². The van der Waals surface area contributed by atoms with Crippen LogP contribution in [0.5, 0.6) is 0 Å². The largest absolute Gasteiger partial charge is 0.293 e. The number of nitrogens with zero attached hydrogens (tertiary/aromatic N) is 2. The lowest BCUT2D eigenvalue weighted by Crippen LogP contribution is -2.03. The predicted octanol–water partition coefficient (Wildman–Crippen LogP) is 5.77. The molecule has 0 unspecified atom stereocenters. The molecule has 0 saturated carbocycles. The molecule has 0 N–H and O–H groups in total. The number of para-hydroxylation sites is 1. The van der Waals surface area contributed by atoms with Gasteiger partial charge >= 0.3 is 0 Å². The van der Waals surface area contributed by atoms with Gasteiger partial charge in [-0.2, -0.15) is 0 Å². The van der Waals surface area contributed by atoms with Gasteiger partial charge in [-0.3, -0.25) is 4.57 Å². The fourth-order valence-corrected chi connectivity index (χ4v) is 3.20. The van der Waals surface area contributed by atoms with E-state index in [0.29, 0.717) is 33.1 Å². The molecule has 1 heterocycles. The van der Waals surface area contributed by atoms with Crippen LogP contribution in [0.3, 0.4) is 0 Å². The van der Waals surface area contributed by atoms with E-state index < -0.39 is 0 Å². The van der Waals surface area contributed by atoms with E-state index in [4.69, 9.17) is 46.4 Å². The topological polar surface area (TPSA) is 17.8 Å². The van der Waals surface area contributed by atoms with Gasteiger partial charge in [-0.05, 0) is 30.3 Å². The number of fused-ring (bicyclic) bond motifs is 1. The molecule has 2 nitrogen and oxygen atoms in total. The van der Waals surface area contributed by atoms with Crippen LogP contribution in [-0.4, -0.2) is 15.4 Å². The van der Waals surface area contributed by atoms with E-state index >= 15 is 0 Å². The van der Waals surface area contributed by atoms with E-state index in [1.54, 1.807) is 18.2 Å². The Balaban J connectivity index is 2.38. The Hall–Kier alpha value is -0.930. The van der Waals surface area contributed by atoms with Crippen LogP contribution in [0.4, 0.5) is 0 Å². The quantitative estimate of drug-likeness (QED) is 0.543. The van der Waals surface area contributed by atoms with E-state index in [1.165, 1.54) is 0 Å². The number of benzene rings is 2. The third-order valence-electron chi connectivity index (χ3n) is 3.17. The van der Waals surface area contributed by atoms with Gasteiger partial charge in [0.2, 0.25) is 0 Å². The van der Waals surface area contributed by atoms with Crippen molar-refractivity contribution in [2.24, 2.45) is 0 Å². The third-order valence-corrected chi connectivity index (χ3v) is 4.20. The van der Waals surface area contributed by atoms with Crippen LogP contribution in [0.25, 0.3) is 16.7 Å². The molecule has 21 heavy (non-hydrogen) atoms. The fourth-order valence-electron chi connectivity index (χ4n) is 2.30. The minimum Gasteiger partial charge on any atom is -0.293 e. The zero-order valence-corrected chi connectivity index (χ0v) is 13.8. The van der Waals surface area contributed by atoms with Crippen LogP contribution in [-0.2, 0) is 6.42 Å². The monoisotopic (exact) mass is 358 g/mol. The van der Waals surface area contributed by atoms with E-state index in [0.717, 1.165) is 16.9 Å². The van der Waals surface area contributed by atoms with Crippen LogP contribution in [0.2, 0.25) is 15.1 Å².